The largest absolute Gasteiger partial charge is 0.481 e. The third kappa shape index (κ3) is 3.98. The van der Waals surface area contributed by atoms with Crippen LogP contribution in [-0.4, -0.2) is 30.2 Å². The summed E-state index contributed by atoms with van der Waals surface area (Å²) in [6.45, 7) is 0.799. The average Bonchev–Trinajstić information content (AvgIpc) is 3.24. The summed E-state index contributed by atoms with van der Waals surface area (Å²) in [5, 5.41) is 14.4. The Morgan fingerprint density at radius 3 is 2.45 bits per heavy atom. The monoisotopic (exact) mass is 276 g/mol. The number of carbonyl (C=O) groups excluding carboxylic acids is 1. The van der Waals surface area contributed by atoms with Crippen molar-refractivity contribution < 1.29 is 14.7 Å². The van der Waals surface area contributed by atoms with Crippen molar-refractivity contribution in [2.24, 2.45) is 5.41 Å². The second kappa shape index (κ2) is 6.41. The van der Waals surface area contributed by atoms with Gasteiger partial charge in [-0.2, -0.15) is 0 Å². The lowest BCUT2D eigenvalue weighted by atomic mass is 10.1. The van der Waals surface area contributed by atoms with Crippen molar-refractivity contribution in [2.45, 2.75) is 25.7 Å². The van der Waals surface area contributed by atoms with E-state index >= 15 is 0 Å². The van der Waals surface area contributed by atoms with E-state index in [9.17, 15) is 9.59 Å². The Labute approximate surface area is 118 Å². The van der Waals surface area contributed by atoms with Crippen molar-refractivity contribution in [3.63, 3.8) is 0 Å². The van der Waals surface area contributed by atoms with Crippen molar-refractivity contribution in [2.75, 3.05) is 13.1 Å². The molecule has 3 N–H and O–H groups in total. The van der Waals surface area contributed by atoms with E-state index in [0.717, 1.165) is 12.8 Å². The zero-order valence-electron chi connectivity index (χ0n) is 11.4. The van der Waals surface area contributed by atoms with Crippen molar-refractivity contribution >= 4 is 12.0 Å². The molecule has 0 atom stereocenters. The fourth-order valence-electron chi connectivity index (χ4n) is 2.07. The minimum absolute atomic E-state index is 0.215. The first-order valence-corrected chi connectivity index (χ1v) is 6.91. The van der Waals surface area contributed by atoms with E-state index in [1.165, 1.54) is 5.56 Å². The van der Waals surface area contributed by atoms with Crippen LogP contribution in [0.2, 0.25) is 0 Å². The minimum atomic E-state index is -0.818. The molecule has 5 heteroatoms. The van der Waals surface area contributed by atoms with Gasteiger partial charge in [-0.25, -0.2) is 4.79 Å². The molecule has 1 aliphatic rings. The number of benzene rings is 1. The summed E-state index contributed by atoms with van der Waals surface area (Å²) in [6, 6.07) is 9.80. The van der Waals surface area contributed by atoms with Crippen LogP contribution in [0.4, 0.5) is 4.79 Å². The molecule has 1 saturated carbocycles. The number of amides is 2. The molecule has 2 amide bonds. The maximum atomic E-state index is 11.5. The number of carbonyl (C=O) groups is 2. The lowest BCUT2D eigenvalue weighted by molar-refractivity contribution is -0.143. The number of carboxylic acid groups (broad SMARTS) is 1. The van der Waals surface area contributed by atoms with Crippen LogP contribution in [-0.2, 0) is 11.2 Å². The molecule has 5 nitrogen and oxygen atoms in total. The Bertz CT molecular complexity index is 469. The maximum Gasteiger partial charge on any atom is 0.314 e. The number of aliphatic carboxylic acids is 1. The van der Waals surface area contributed by atoms with Crippen molar-refractivity contribution in [1.82, 2.24) is 10.6 Å². The lowest BCUT2D eigenvalue weighted by Crippen LogP contribution is -2.41. The maximum absolute atomic E-state index is 11.5. The summed E-state index contributed by atoms with van der Waals surface area (Å²) in [6.07, 6.45) is 3.08. The molecule has 108 valence electrons. The van der Waals surface area contributed by atoms with Gasteiger partial charge in [-0.05, 0) is 31.2 Å². The fraction of sp³-hybridized carbons (Fsp3) is 0.467. The molecular weight excluding hydrogens is 256 g/mol. The zero-order chi connectivity index (χ0) is 14.4. The summed E-state index contributed by atoms with van der Waals surface area (Å²) in [5.41, 5.74) is 0.541. The summed E-state index contributed by atoms with van der Waals surface area (Å²) in [7, 11) is 0. The van der Waals surface area contributed by atoms with Gasteiger partial charge in [0.25, 0.3) is 0 Å². The molecule has 0 spiro atoms. The first-order valence-electron chi connectivity index (χ1n) is 6.91. The SMILES string of the molecule is O=C(NCCCc1ccccc1)NCC1(C(=O)O)CC1. The smallest absolute Gasteiger partial charge is 0.314 e. The molecule has 0 saturated heterocycles. The highest BCUT2D eigenvalue weighted by atomic mass is 16.4. The predicted octanol–water partition coefficient (Wildman–Crippen LogP) is 1.78. The Hall–Kier alpha value is -2.04. The van der Waals surface area contributed by atoms with E-state index in [2.05, 4.69) is 22.8 Å². The van der Waals surface area contributed by atoms with Gasteiger partial charge in [0, 0.05) is 13.1 Å². The third-order valence-electron chi connectivity index (χ3n) is 3.67. The molecule has 0 aromatic heterocycles. The van der Waals surface area contributed by atoms with Crippen LogP contribution >= 0.6 is 0 Å². The van der Waals surface area contributed by atoms with Gasteiger partial charge in [-0.15, -0.1) is 0 Å². The summed E-state index contributed by atoms with van der Waals surface area (Å²) in [4.78, 5) is 22.5. The number of aryl methyl sites for hydroxylation is 1. The lowest BCUT2D eigenvalue weighted by Gasteiger charge is -2.12. The summed E-state index contributed by atoms with van der Waals surface area (Å²) in [5.74, 6) is -0.818. The van der Waals surface area contributed by atoms with E-state index in [0.29, 0.717) is 19.4 Å². The number of nitrogens with one attached hydrogen (secondary N) is 2. The zero-order valence-corrected chi connectivity index (χ0v) is 11.4. The number of hydrogen-bond donors (Lipinski definition) is 3. The van der Waals surface area contributed by atoms with E-state index < -0.39 is 11.4 Å². The highest BCUT2D eigenvalue weighted by molar-refractivity contribution is 5.80. The molecule has 0 unspecified atom stereocenters. The highest BCUT2D eigenvalue weighted by Crippen LogP contribution is 2.45. The minimum Gasteiger partial charge on any atom is -0.481 e. The van der Waals surface area contributed by atoms with Gasteiger partial charge >= 0.3 is 12.0 Å². The molecule has 1 fully saturated rings. The number of rotatable bonds is 7. The number of urea groups is 1. The van der Waals surface area contributed by atoms with Crippen LogP contribution in [0.1, 0.15) is 24.8 Å². The Morgan fingerprint density at radius 1 is 1.15 bits per heavy atom. The van der Waals surface area contributed by atoms with Crippen LogP contribution in [0.5, 0.6) is 0 Å². The van der Waals surface area contributed by atoms with Gasteiger partial charge in [0.2, 0.25) is 0 Å². The third-order valence-corrected chi connectivity index (χ3v) is 3.67. The highest BCUT2D eigenvalue weighted by Gasteiger charge is 2.50. The second-order valence-corrected chi connectivity index (χ2v) is 5.28. The fourth-order valence-corrected chi connectivity index (χ4v) is 2.07. The molecule has 1 aliphatic carbocycles. The van der Waals surface area contributed by atoms with E-state index in [1.54, 1.807) is 0 Å². The van der Waals surface area contributed by atoms with Gasteiger partial charge < -0.3 is 15.7 Å². The van der Waals surface area contributed by atoms with Crippen LogP contribution in [0.3, 0.4) is 0 Å². The molecule has 1 aromatic carbocycles. The molecule has 0 aliphatic heterocycles. The quantitative estimate of drug-likeness (QED) is 0.664. The Balaban J connectivity index is 1.58. The molecule has 2 rings (SSSR count). The first-order chi connectivity index (χ1) is 9.62. The van der Waals surface area contributed by atoms with Gasteiger partial charge in [-0.3, -0.25) is 4.79 Å². The Kier molecular flexibility index (Phi) is 4.61. The second-order valence-electron chi connectivity index (χ2n) is 5.28. The van der Waals surface area contributed by atoms with Crippen molar-refractivity contribution in [1.29, 1.82) is 0 Å². The normalized spacial score (nSPS) is 15.4. The van der Waals surface area contributed by atoms with Crippen molar-refractivity contribution in [3.8, 4) is 0 Å². The first kappa shape index (κ1) is 14.4. The standard InChI is InChI=1S/C15H20N2O3/c18-13(19)15(8-9-15)11-17-14(20)16-10-4-7-12-5-2-1-3-6-12/h1-3,5-6H,4,7-11H2,(H,18,19)(H2,16,17,20). The summed E-state index contributed by atoms with van der Waals surface area (Å²) >= 11 is 0. The molecule has 0 heterocycles. The van der Waals surface area contributed by atoms with Gasteiger partial charge in [0.1, 0.15) is 0 Å². The molecule has 0 bridgehead atoms. The predicted molar refractivity (Wildman–Crippen MR) is 75.5 cm³/mol. The van der Waals surface area contributed by atoms with E-state index in [1.807, 2.05) is 18.2 Å². The van der Waals surface area contributed by atoms with Crippen LogP contribution < -0.4 is 10.6 Å². The average molecular weight is 276 g/mol. The van der Waals surface area contributed by atoms with Gasteiger partial charge in [-0.1, -0.05) is 30.3 Å². The van der Waals surface area contributed by atoms with E-state index in [4.69, 9.17) is 5.11 Å². The topological polar surface area (TPSA) is 78.4 Å². The number of carboxylic acids is 1. The van der Waals surface area contributed by atoms with Crippen LogP contribution in [0.15, 0.2) is 30.3 Å². The molecule has 0 radical (unpaired) electrons. The summed E-state index contributed by atoms with van der Waals surface area (Å²) < 4.78 is 0. The van der Waals surface area contributed by atoms with Crippen molar-refractivity contribution in [3.05, 3.63) is 35.9 Å². The Morgan fingerprint density at radius 2 is 1.85 bits per heavy atom. The molecule has 20 heavy (non-hydrogen) atoms. The van der Waals surface area contributed by atoms with Crippen LogP contribution in [0.25, 0.3) is 0 Å². The number of hydrogen-bond acceptors (Lipinski definition) is 2. The van der Waals surface area contributed by atoms with Crippen LogP contribution in [0, 0.1) is 5.41 Å². The van der Waals surface area contributed by atoms with Gasteiger partial charge in [0.05, 0.1) is 5.41 Å². The van der Waals surface area contributed by atoms with E-state index in [-0.39, 0.29) is 12.6 Å². The van der Waals surface area contributed by atoms with Gasteiger partial charge in [0.15, 0.2) is 0 Å². The molecular formula is C15H20N2O3. The molecule has 1 aromatic rings.